The van der Waals surface area contributed by atoms with Gasteiger partial charge in [0.25, 0.3) is 0 Å². The maximum absolute atomic E-state index is 6.07. The first-order valence-electron chi connectivity index (χ1n) is 7.94. The van der Waals surface area contributed by atoms with Crippen LogP contribution in [0.4, 0.5) is 5.82 Å². The number of rotatable bonds is 4. The molecule has 0 aliphatic carbocycles. The second-order valence-corrected chi connectivity index (χ2v) is 6.28. The molecule has 1 saturated heterocycles. The van der Waals surface area contributed by atoms with Crippen molar-refractivity contribution in [3.63, 3.8) is 0 Å². The Morgan fingerprint density at radius 1 is 1.21 bits per heavy atom. The lowest BCUT2D eigenvalue weighted by molar-refractivity contribution is 0.222. The van der Waals surface area contributed by atoms with Crippen LogP contribution in [0.3, 0.4) is 0 Å². The van der Waals surface area contributed by atoms with Crippen molar-refractivity contribution in [2.45, 2.75) is 12.8 Å². The van der Waals surface area contributed by atoms with Gasteiger partial charge in [-0.2, -0.15) is 4.52 Å². The molecule has 7 nitrogen and oxygen atoms in total. The molecule has 0 amide bonds. The fourth-order valence-corrected chi connectivity index (χ4v) is 3.08. The van der Waals surface area contributed by atoms with E-state index >= 15 is 0 Å². The van der Waals surface area contributed by atoms with E-state index in [0.717, 1.165) is 37.4 Å². The summed E-state index contributed by atoms with van der Waals surface area (Å²) in [5.74, 6) is 2.18. The molecule has 3 aromatic heterocycles. The van der Waals surface area contributed by atoms with Crippen molar-refractivity contribution < 1.29 is 4.74 Å². The number of fused-ring (bicyclic) bond motifs is 1. The Kier molecular flexibility index (Phi) is 4.17. The molecule has 24 heavy (non-hydrogen) atoms. The van der Waals surface area contributed by atoms with E-state index in [2.05, 4.69) is 25.2 Å². The van der Waals surface area contributed by atoms with E-state index in [0.29, 0.717) is 23.3 Å². The lowest BCUT2D eigenvalue weighted by Crippen LogP contribution is -2.36. The Balaban J connectivity index is 1.34. The van der Waals surface area contributed by atoms with Crippen LogP contribution in [0.1, 0.15) is 12.8 Å². The maximum atomic E-state index is 6.07. The monoisotopic (exact) mass is 344 g/mol. The van der Waals surface area contributed by atoms with Crippen molar-refractivity contribution in [1.82, 2.24) is 24.8 Å². The molecule has 1 aliphatic heterocycles. The minimum atomic E-state index is 0.518. The number of piperidine rings is 1. The molecule has 0 aromatic carbocycles. The number of halogens is 1. The Bertz CT molecular complexity index is 830. The van der Waals surface area contributed by atoms with Crippen LogP contribution >= 0.6 is 11.6 Å². The van der Waals surface area contributed by atoms with Crippen molar-refractivity contribution >= 4 is 23.1 Å². The molecular formula is C16H17ClN6O. The van der Waals surface area contributed by atoms with Gasteiger partial charge in [-0.05, 0) is 30.9 Å². The Hall–Kier alpha value is -2.41. The highest BCUT2D eigenvalue weighted by molar-refractivity contribution is 6.31. The molecule has 124 valence electrons. The first-order valence-corrected chi connectivity index (χ1v) is 8.32. The summed E-state index contributed by atoms with van der Waals surface area (Å²) in [5, 5.41) is 12.9. The highest BCUT2D eigenvalue weighted by Crippen LogP contribution is 2.26. The topological polar surface area (TPSA) is 68.4 Å². The largest absolute Gasteiger partial charge is 0.492 e. The molecule has 8 heteroatoms. The van der Waals surface area contributed by atoms with Gasteiger partial charge >= 0.3 is 0 Å². The molecule has 0 saturated carbocycles. The molecule has 1 fully saturated rings. The smallest absolute Gasteiger partial charge is 0.177 e. The Morgan fingerprint density at radius 3 is 2.92 bits per heavy atom. The Morgan fingerprint density at radius 2 is 2.08 bits per heavy atom. The zero-order valence-electron chi connectivity index (χ0n) is 13.0. The molecule has 4 heterocycles. The maximum Gasteiger partial charge on any atom is 0.177 e. The molecule has 0 bridgehead atoms. The van der Waals surface area contributed by atoms with Gasteiger partial charge < -0.3 is 9.64 Å². The minimum absolute atomic E-state index is 0.518. The lowest BCUT2D eigenvalue weighted by atomic mass is 9.98. The van der Waals surface area contributed by atoms with Crippen LogP contribution in [-0.2, 0) is 0 Å². The summed E-state index contributed by atoms with van der Waals surface area (Å²) in [6, 6.07) is 5.74. The molecule has 1 aliphatic rings. The third-order valence-electron chi connectivity index (χ3n) is 4.30. The van der Waals surface area contributed by atoms with Crippen LogP contribution in [0.5, 0.6) is 5.75 Å². The van der Waals surface area contributed by atoms with Crippen molar-refractivity contribution in [3.8, 4) is 5.75 Å². The number of hydrogen-bond donors (Lipinski definition) is 0. The van der Waals surface area contributed by atoms with Gasteiger partial charge in [-0.3, -0.25) is 4.98 Å². The quantitative estimate of drug-likeness (QED) is 0.724. The van der Waals surface area contributed by atoms with E-state index in [1.165, 1.54) is 0 Å². The van der Waals surface area contributed by atoms with Crippen LogP contribution in [0, 0.1) is 5.92 Å². The molecule has 0 spiro atoms. The van der Waals surface area contributed by atoms with Gasteiger partial charge in [0.15, 0.2) is 5.65 Å². The fourth-order valence-electron chi connectivity index (χ4n) is 2.90. The summed E-state index contributed by atoms with van der Waals surface area (Å²) in [7, 11) is 0. The van der Waals surface area contributed by atoms with Crippen LogP contribution in [-0.4, -0.2) is 44.5 Å². The van der Waals surface area contributed by atoms with Crippen molar-refractivity contribution in [2.24, 2.45) is 5.92 Å². The average Bonchev–Trinajstić information content (AvgIpc) is 3.09. The standard InChI is InChI=1S/C16H17ClN6O/c17-13-9-18-6-3-14(13)24-10-12-4-7-22(8-5-12)16-2-1-15-20-19-11-23(15)21-16/h1-3,6,9,11-12H,4-5,7-8,10H2. The van der Waals surface area contributed by atoms with Crippen LogP contribution in [0.25, 0.3) is 5.65 Å². The molecule has 4 rings (SSSR count). The lowest BCUT2D eigenvalue weighted by Gasteiger charge is -2.32. The predicted molar refractivity (Wildman–Crippen MR) is 90.5 cm³/mol. The molecule has 0 atom stereocenters. The summed E-state index contributed by atoms with van der Waals surface area (Å²) >= 11 is 6.07. The average molecular weight is 345 g/mol. The van der Waals surface area contributed by atoms with Gasteiger partial charge in [0.1, 0.15) is 22.9 Å². The van der Waals surface area contributed by atoms with E-state index in [1.54, 1.807) is 29.3 Å². The zero-order valence-corrected chi connectivity index (χ0v) is 13.8. The minimum Gasteiger partial charge on any atom is -0.492 e. The summed E-state index contributed by atoms with van der Waals surface area (Å²) in [6.45, 7) is 2.59. The van der Waals surface area contributed by atoms with E-state index in [9.17, 15) is 0 Å². The van der Waals surface area contributed by atoms with Crippen molar-refractivity contribution in [3.05, 3.63) is 41.9 Å². The van der Waals surface area contributed by atoms with E-state index in [-0.39, 0.29) is 0 Å². The predicted octanol–water partition coefficient (Wildman–Crippen LogP) is 2.47. The molecule has 0 unspecified atom stereocenters. The molecule has 0 N–H and O–H groups in total. The summed E-state index contributed by atoms with van der Waals surface area (Å²) < 4.78 is 7.54. The summed E-state index contributed by atoms with van der Waals surface area (Å²) in [5.41, 5.74) is 0.760. The normalized spacial score (nSPS) is 15.8. The van der Waals surface area contributed by atoms with E-state index < -0.39 is 0 Å². The van der Waals surface area contributed by atoms with Gasteiger partial charge in [0.05, 0.1) is 6.61 Å². The molecule has 3 aromatic rings. The zero-order chi connectivity index (χ0) is 16.4. The second-order valence-electron chi connectivity index (χ2n) is 5.87. The van der Waals surface area contributed by atoms with Gasteiger partial charge in [-0.25, -0.2) is 0 Å². The van der Waals surface area contributed by atoms with Crippen molar-refractivity contribution in [2.75, 3.05) is 24.6 Å². The van der Waals surface area contributed by atoms with Gasteiger partial charge in [-0.15, -0.1) is 15.3 Å². The van der Waals surface area contributed by atoms with Gasteiger partial charge in [-0.1, -0.05) is 11.6 Å². The number of aromatic nitrogens is 5. The third-order valence-corrected chi connectivity index (χ3v) is 4.58. The number of hydrogen-bond acceptors (Lipinski definition) is 6. The number of anilines is 1. The number of pyridine rings is 1. The SMILES string of the molecule is Clc1cnccc1OCC1CCN(c2ccc3nncn3n2)CC1. The highest BCUT2D eigenvalue weighted by atomic mass is 35.5. The van der Waals surface area contributed by atoms with E-state index in [4.69, 9.17) is 16.3 Å². The molecular weight excluding hydrogens is 328 g/mol. The van der Waals surface area contributed by atoms with E-state index in [1.807, 2.05) is 12.1 Å². The number of ether oxygens (including phenoxy) is 1. The van der Waals surface area contributed by atoms with Gasteiger partial charge in [0.2, 0.25) is 0 Å². The first kappa shape index (κ1) is 15.1. The summed E-state index contributed by atoms with van der Waals surface area (Å²) in [4.78, 5) is 6.25. The Labute approximate surface area is 144 Å². The molecule has 0 radical (unpaired) electrons. The van der Waals surface area contributed by atoms with Crippen LogP contribution < -0.4 is 9.64 Å². The second kappa shape index (κ2) is 6.60. The summed E-state index contributed by atoms with van der Waals surface area (Å²) in [6.07, 6.45) is 7.04. The third kappa shape index (κ3) is 3.12. The van der Waals surface area contributed by atoms with Crippen LogP contribution in [0.15, 0.2) is 36.9 Å². The number of nitrogens with zero attached hydrogens (tertiary/aromatic N) is 6. The fraction of sp³-hybridized carbons (Fsp3) is 0.375. The highest BCUT2D eigenvalue weighted by Gasteiger charge is 2.21. The van der Waals surface area contributed by atoms with Crippen molar-refractivity contribution in [1.29, 1.82) is 0 Å². The van der Waals surface area contributed by atoms with Gasteiger partial charge in [0, 0.05) is 31.5 Å². The first-order chi connectivity index (χ1) is 11.8. The van der Waals surface area contributed by atoms with Crippen LogP contribution in [0.2, 0.25) is 5.02 Å².